The van der Waals surface area contributed by atoms with E-state index in [0.717, 1.165) is 0 Å². The van der Waals surface area contributed by atoms with Crippen molar-refractivity contribution in [2.75, 3.05) is 13.1 Å². The number of hydrogen-bond acceptors (Lipinski definition) is 1. The fourth-order valence-corrected chi connectivity index (χ4v) is 1.66. The zero-order valence-electron chi connectivity index (χ0n) is 11.0. The molecule has 0 fully saturated rings. The van der Waals surface area contributed by atoms with Gasteiger partial charge < -0.3 is 4.90 Å². The van der Waals surface area contributed by atoms with Crippen molar-refractivity contribution in [3.05, 3.63) is 12.3 Å². The van der Waals surface area contributed by atoms with E-state index in [9.17, 15) is 0 Å². The number of allylic oxidation sites excluding steroid dienone is 1. The summed E-state index contributed by atoms with van der Waals surface area (Å²) >= 11 is 0. The van der Waals surface area contributed by atoms with E-state index in [1.165, 1.54) is 63.7 Å². The first-order valence-electron chi connectivity index (χ1n) is 6.68. The van der Waals surface area contributed by atoms with Crippen LogP contribution in [-0.2, 0) is 0 Å². The van der Waals surface area contributed by atoms with Crippen molar-refractivity contribution in [1.29, 1.82) is 0 Å². The first-order valence-corrected chi connectivity index (χ1v) is 6.68. The normalized spacial score (nSPS) is 10.3. The van der Waals surface area contributed by atoms with Gasteiger partial charge >= 0.3 is 0 Å². The summed E-state index contributed by atoms with van der Waals surface area (Å²) in [6, 6.07) is 0. The maximum atomic E-state index is 4.22. The number of hydrogen-bond donors (Lipinski definition) is 0. The van der Waals surface area contributed by atoms with Crippen LogP contribution in [0.1, 0.15) is 65.7 Å². The molecule has 0 bridgehead atoms. The van der Waals surface area contributed by atoms with Crippen LogP contribution in [0.5, 0.6) is 0 Å². The lowest BCUT2D eigenvalue weighted by atomic mass is 10.1. The lowest BCUT2D eigenvalue weighted by Gasteiger charge is -2.26. The van der Waals surface area contributed by atoms with Gasteiger partial charge in [0.25, 0.3) is 0 Å². The molecule has 0 aliphatic heterocycles. The quantitative estimate of drug-likeness (QED) is 0.511. The molecule has 0 aromatic carbocycles. The van der Waals surface area contributed by atoms with E-state index in [1.54, 1.807) is 0 Å². The predicted octanol–water partition coefficient (Wildman–Crippen LogP) is 4.59. The van der Waals surface area contributed by atoms with E-state index in [4.69, 9.17) is 0 Å². The van der Waals surface area contributed by atoms with Crippen LogP contribution in [0, 0.1) is 0 Å². The highest BCUT2D eigenvalue weighted by molar-refractivity contribution is 4.93. The standard InChI is InChI=1S/C14H29N/c1-5-8-11-14(4)15(12-9-6-2)13-10-7-3/h4-13H2,1-3H3. The monoisotopic (exact) mass is 211 g/mol. The van der Waals surface area contributed by atoms with Crippen LogP contribution in [0.2, 0.25) is 0 Å². The van der Waals surface area contributed by atoms with Gasteiger partial charge in [0.2, 0.25) is 0 Å². The Balaban J connectivity index is 3.90. The molecule has 0 radical (unpaired) electrons. The molecular formula is C14H29N. The van der Waals surface area contributed by atoms with E-state index < -0.39 is 0 Å². The minimum atomic E-state index is 1.18. The van der Waals surface area contributed by atoms with Crippen LogP contribution in [0.25, 0.3) is 0 Å². The molecule has 0 aliphatic rings. The minimum absolute atomic E-state index is 1.18. The van der Waals surface area contributed by atoms with Gasteiger partial charge in [0, 0.05) is 18.8 Å². The van der Waals surface area contributed by atoms with Crippen molar-refractivity contribution in [3.63, 3.8) is 0 Å². The highest BCUT2D eigenvalue weighted by Crippen LogP contribution is 2.13. The molecule has 1 nitrogen and oxygen atoms in total. The molecule has 0 heterocycles. The van der Waals surface area contributed by atoms with Gasteiger partial charge in [-0.25, -0.2) is 0 Å². The number of rotatable bonds is 10. The third kappa shape index (κ3) is 7.47. The molecule has 0 aromatic heterocycles. The Morgan fingerprint density at radius 1 is 0.867 bits per heavy atom. The summed E-state index contributed by atoms with van der Waals surface area (Å²) in [7, 11) is 0. The van der Waals surface area contributed by atoms with Crippen molar-refractivity contribution < 1.29 is 0 Å². The average Bonchev–Trinajstić information content (AvgIpc) is 2.26. The van der Waals surface area contributed by atoms with Gasteiger partial charge in [-0.3, -0.25) is 0 Å². The molecular weight excluding hydrogens is 182 g/mol. The van der Waals surface area contributed by atoms with Gasteiger partial charge in [-0.2, -0.15) is 0 Å². The minimum Gasteiger partial charge on any atom is -0.375 e. The molecule has 0 amide bonds. The van der Waals surface area contributed by atoms with Crippen LogP contribution in [-0.4, -0.2) is 18.0 Å². The van der Waals surface area contributed by atoms with E-state index in [0.29, 0.717) is 0 Å². The van der Waals surface area contributed by atoms with Gasteiger partial charge in [0.15, 0.2) is 0 Å². The molecule has 0 spiro atoms. The summed E-state index contributed by atoms with van der Waals surface area (Å²) in [6.45, 7) is 13.4. The Morgan fingerprint density at radius 2 is 1.33 bits per heavy atom. The highest BCUT2D eigenvalue weighted by atomic mass is 15.1. The lowest BCUT2D eigenvalue weighted by molar-refractivity contribution is 0.319. The smallest absolute Gasteiger partial charge is 0.0174 e. The second-order valence-electron chi connectivity index (χ2n) is 4.36. The summed E-state index contributed by atoms with van der Waals surface area (Å²) in [5, 5.41) is 0. The first-order chi connectivity index (χ1) is 7.26. The van der Waals surface area contributed by atoms with Crippen LogP contribution in [0.15, 0.2) is 12.3 Å². The van der Waals surface area contributed by atoms with Gasteiger partial charge in [0.1, 0.15) is 0 Å². The third-order valence-electron chi connectivity index (χ3n) is 2.83. The fourth-order valence-electron chi connectivity index (χ4n) is 1.66. The Morgan fingerprint density at radius 3 is 1.73 bits per heavy atom. The molecule has 0 saturated heterocycles. The SMILES string of the molecule is C=C(CCCC)N(CCCC)CCCC. The van der Waals surface area contributed by atoms with E-state index in [1.807, 2.05) is 0 Å². The maximum absolute atomic E-state index is 4.22. The van der Waals surface area contributed by atoms with E-state index in [2.05, 4.69) is 32.3 Å². The molecule has 0 rings (SSSR count). The third-order valence-corrected chi connectivity index (χ3v) is 2.83. The van der Waals surface area contributed by atoms with Gasteiger partial charge in [-0.05, 0) is 25.7 Å². The Kier molecular flexibility index (Phi) is 9.76. The summed E-state index contributed by atoms with van der Waals surface area (Å²) < 4.78 is 0. The van der Waals surface area contributed by atoms with Crippen molar-refractivity contribution in [3.8, 4) is 0 Å². The summed E-state index contributed by atoms with van der Waals surface area (Å²) in [5.41, 5.74) is 1.36. The molecule has 90 valence electrons. The van der Waals surface area contributed by atoms with Crippen molar-refractivity contribution in [1.82, 2.24) is 4.90 Å². The van der Waals surface area contributed by atoms with Gasteiger partial charge in [-0.15, -0.1) is 0 Å². The molecule has 1 heteroatoms. The second kappa shape index (κ2) is 10.1. The van der Waals surface area contributed by atoms with E-state index in [-0.39, 0.29) is 0 Å². The van der Waals surface area contributed by atoms with Crippen LogP contribution >= 0.6 is 0 Å². The largest absolute Gasteiger partial charge is 0.375 e. The molecule has 0 atom stereocenters. The molecule has 0 N–H and O–H groups in total. The maximum Gasteiger partial charge on any atom is 0.0174 e. The molecule has 0 unspecified atom stereocenters. The number of nitrogens with zero attached hydrogens (tertiary/aromatic N) is 1. The molecule has 15 heavy (non-hydrogen) atoms. The van der Waals surface area contributed by atoms with Crippen molar-refractivity contribution in [2.24, 2.45) is 0 Å². The van der Waals surface area contributed by atoms with Crippen LogP contribution in [0.4, 0.5) is 0 Å². The van der Waals surface area contributed by atoms with Crippen molar-refractivity contribution >= 4 is 0 Å². The Hall–Kier alpha value is -0.460. The molecule has 0 aromatic rings. The van der Waals surface area contributed by atoms with E-state index >= 15 is 0 Å². The highest BCUT2D eigenvalue weighted by Gasteiger charge is 2.05. The predicted molar refractivity (Wildman–Crippen MR) is 70.1 cm³/mol. The molecule has 0 saturated carbocycles. The van der Waals surface area contributed by atoms with Crippen molar-refractivity contribution in [2.45, 2.75) is 65.7 Å². The Bertz CT molecular complexity index is 143. The topological polar surface area (TPSA) is 3.24 Å². The number of unbranched alkanes of at least 4 members (excludes halogenated alkanes) is 3. The Labute approximate surface area is 96.6 Å². The fraction of sp³-hybridized carbons (Fsp3) is 0.857. The van der Waals surface area contributed by atoms with Crippen LogP contribution in [0.3, 0.4) is 0 Å². The van der Waals surface area contributed by atoms with Gasteiger partial charge in [0.05, 0.1) is 0 Å². The van der Waals surface area contributed by atoms with Crippen LogP contribution < -0.4 is 0 Å². The van der Waals surface area contributed by atoms with Gasteiger partial charge in [-0.1, -0.05) is 46.6 Å². The summed E-state index contributed by atoms with van der Waals surface area (Å²) in [6.07, 6.45) is 8.91. The lowest BCUT2D eigenvalue weighted by Crippen LogP contribution is -2.24. The summed E-state index contributed by atoms with van der Waals surface area (Å²) in [4.78, 5) is 2.50. The first kappa shape index (κ1) is 14.5. The molecule has 0 aliphatic carbocycles. The summed E-state index contributed by atoms with van der Waals surface area (Å²) in [5.74, 6) is 0. The average molecular weight is 211 g/mol. The zero-order valence-corrected chi connectivity index (χ0v) is 11.0. The zero-order chi connectivity index (χ0) is 11.5. The second-order valence-corrected chi connectivity index (χ2v) is 4.36.